The average molecular weight is 177 g/mol. The summed E-state index contributed by atoms with van der Waals surface area (Å²) in [6, 6.07) is 0. The van der Waals surface area contributed by atoms with Crippen molar-refractivity contribution in [2.75, 3.05) is 0 Å². The van der Waals surface area contributed by atoms with Gasteiger partial charge < -0.3 is 9.90 Å². The van der Waals surface area contributed by atoms with Crippen LogP contribution in [0, 0.1) is 0 Å². The second-order valence-electron chi connectivity index (χ2n) is 2.12. The van der Waals surface area contributed by atoms with Crippen molar-refractivity contribution in [3.05, 3.63) is 18.7 Å². The lowest BCUT2D eigenvalue weighted by molar-refractivity contribution is -0.671. The number of carbonyl (C=O) groups excluding carboxylic acids is 1. The second kappa shape index (κ2) is 3.98. The van der Waals surface area contributed by atoms with Gasteiger partial charge in [0.05, 0.1) is 13.0 Å². The summed E-state index contributed by atoms with van der Waals surface area (Å²) in [6.45, 7) is -0.0825. The highest BCUT2D eigenvalue weighted by molar-refractivity contribution is 5.85. The van der Waals surface area contributed by atoms with Crippen molar-refractivity contribution in [2.24, 2.45) is 7.05 Å². The van der Waals surface area contributed by atoms with E-state index in [1.165, 1.54) is 4.57 Å². The maximum atomic E-state index is 10.0. The molecule has 0 bridgehead atoms. The molecule has 0 amide bonds. The number of hydrogen-bond acceptors (Lipinski definition) is 2. The summed E-state index contributed by atoms with van der Waals surface area (Å²) in [5.41, 5.74) is 0. The van der Waals surface area contributed by atoms with Gasteiger partial charge in [-0.25, -0.2) is 9.13 Å². The third-order valence-electron chi connectivity index (χ3n) is 1.14. The Hall–Kier alpha value is -1.03. The van der Waals surface area contributed by atoms with Crippen molar-refractivity contribution in [2.45, 2.75) is 6.54 Å². The molecule has 5 heteroatoms. The largest absolute Gasteiger partial charge is 0.546 e. The molecule has 0 saturated heterocycles. The van der Waals surface area contributed by atoms with Gasteiger partial charge >= 0.3 is 0 Å². The van der Waals surface area contributed by atoms with Crippen molar-refractivity contribution in [3.63, 3.8) is 0 Å². The molecule has 0 aliphatic heterocycles. The Bertz CT molecular complexity index is 246. The molecule has 0 fully saturated rings. The summed E-state index contributed by atoms with van der Waals surface area (Å²) in [5, 5.41) is 10.0. The van der Waals surface area contributed by atoms with E-state index in [0.717, 1.165) is 0 Å². The van der Waals surface area contributed by atoms with E-state index in [9.17, 15) is 9.90 Å². The summed E-state index contributed by atoms with van der Waals surface area (Å²) < 4.78 is 3.30. The molecule has 1 aromatic rings. The number of halogens is 1. The first-order valence-corrected chi connectivity index (χ1v) is 2.89. The molecule has 0 spiro atoms. The summed E-state index contributed by atoms with van der Waals surface area (Å²) in [4.78, 5) is 10.0. The van der Waals surface area contributed by atoms with Crippen molar-refractivity contribution in [3.8, 4) is 0 Å². The zero-order valence-electron chi connectivity index (χ0n) is 6.06. The highest BCUT2D eigenvalue weighted by Crippen LogP contribution is 1.80. The van der Waals surface area contributed by atoms with Gasteiger partial charge in [0.15, 0.2) is 0 Å². The molecule has 0 saturated carbocycles. The van der Waals surface area contributed by atoms with Crippen LogP contribution in [0.4, 0.5) is 0 Å². The zero-order valence-corrected chi connectivity index (χ0v) is 6.87. The molecule has 1 rings (SSSR count). The first-order chi connectivity index (χ1) is 4.68. The van der Waals surface area contributed by atoms with Crippen LogP contribution in [-0.2, 0) is 18.4 Å². The summed E-state index contributed by atoms with van der Waals surface area (Å²) in [7, 11) is 1.83. The van der Waals surface area contributed by atoms with Gasteiger partial charge in [-0.1, -0.05) is 0 Å². The first-order valence-electron chi connectivity index (χ1n) is 2.89. The van der Waals surface area contributed by atoms with E-state index in [1.807, 2.05) is 7.05 Å². The van der Waals surface area contributed by atoms with Crippen LogP contribution in [0.1, 0.15) is 0 Å². The van der Waals surface area contributed by atoms with Gasteiger partial charge in [-0.05, 0) is 0 Å². The summed E-state index contributed by atoms with van der Waals surface area (Å²) in [5.74, 6) is -1.07. The van der Waals surface area contributed by atoms with Gasteiger partial charge in [0, 0.05) is 0 Å². The third-order valence-corrected chi connectivity index (χ3v) is 1.14. The van der Waals surface area contributed by atoms with Gasteiger partial charge in [-0.2, -0.15) is 0 Å². The minimum atomic E-state index is -1.07. The molecule has 0 aliphatic carbocycles. The van der Waals surface area contributed by atoms with Gasteiger partial charge in [0.2, 0.25) is 6.33 Å². The monoisotopic (exact) mass is 176 g/mol. The Kier molecular flexibility index (Phi) is 3.60. The quantitative estimate of drug-likeness (QED) is 0.515. The van der Waals surface area contributed by atoms with E-state index in [0.29, 0.717) is 0 Å². The molecule has 0 aromatic carbocycles. The standard InChI is InChI=1S/C6H8N2O2.ClH/c1-7-2-3-8(5-7)4-6(9)10;/h2-3,5H,4H2,1H3;1H. The number of carboxylic acids is 1. The molecule has 1 heterocycles. The van der Waals surface area contributed by atoms with Crippen LogP contribution >= 0.6 is 12.4 Å². The fourth-order valence-corrected chi connectivity index (χ4v) is 0.744. The Morgan fingerprint density at radius 3 is 2.73 bits per heavy atom. The number of carboxylic acid groups (broad SMARTS) is 1. The number of imidazole rings is 1. The highest BCUT2D eigenvalue weighted by atomic mass is 35.5. The number of aliphatic carboxylic acids is 1. The highest BCUT2D eigenvalue weighted by Gasteiger charge is 1.97. The molecule has 0 aliphatic rings. The molecule has 0 radical (unpaired) electrons. The Labute approximate surface area is 70.5 Å². The SMILES string of the molecule is C[n+]1ccn(CC(=O)[O-])c1.Cl. The molecular formula is C6H9ClN2O2. The van der Waals surface area contributed by atoms with Gasteiger partial charge in [0.1, 0.15) is 18.9 Å². The van der Waals surface area contributed by atoms with Crippen LogP contribution < -0.4 is 9.67 Å². The zero-order chi connectivity index (χ0) is 7.56. The van der Waals surface area contributed by atoms with E-state index in [1.54, 1.807) is 23.3 Å². The molecular weight excluding hydrogens is 168 g/mol. The normalized spacial score (nSPS) is 8.82. The number of hydrogen-bond donors (Lipinski definition) is 0. The van der Waals surface area contributed by atoms with Crippen molar-refractivity contribution < 1.29 is 14.5 Å². The lowest BCUT2D eigenvalue weighted by Gasteiger charge is -1.94. The van der Waals surface area contributed by atoms with Crippen LogP contribution in [-0.4, -0.2) is 10.5 Å². The van der Waals surface area contributed by atoms with Crippen LogP contribution in [0.15, 0.2) is 18.7 Å². The van der Waals surface area contributed by atoms with Crippen LogP contribution in [0.3, 0.4) is 0 Å². The maximum Gasteiger partial charge on any atom is 0.243 e. The summed E-state index contributed by atoms with van der Waals surface area (Å²) in [6.07, 6.45) is 5.12. The average Bonchev–Trinajstić information content (AvgIpc) is 2.13. The molecule has 0 atom stereocenters. The lowest BCUT2D eigenvalue weighted by Crippen LogP contribution is -2.29. The maximum absolute atomic E-state index is 10.0. The Morgan fingerprint density at radius 1 is 1.73 bits per heavy atom. The minimum Gasteiger partial charge on any atom is -0.546 e. The molecule has 62 valence electrons. The molecule has 4 nitrogen and oxygen atoms in total. The van der Waals surface area contributed by atoms with E-state index in [-0.39, 0.29) is 19.0 Å². The van der Waals surface area contributed by atoms with Crippen LogP contribution in [0.2, 0.25) is 0 Å². The van der Waals surface area contributed by atoms with Crippen LogP contribution in [0.25, 0.3) is 0 Å². The van der Waals surface area contributed by atoms with E-state index < -0.39 is 5.97 Å². The number of carbonyl (C=O) groups is 1. The number of rotatable bonds is 2. The predicted octanol–water partition coefficient (Wildman–Crippen LogP) is -1.52. The van der Waals surface area contributed by atoms with E-state index >= 15 is 0 Å². The fourth-order valence-electron chi connectivity index (χ4n) is 0.744. The number of aromatic nitrogens is 2. The van der Waals surface area contributed by atoms with Crippen molar-refractivity contribution >= 4 is 18.4 Å². The third kappa shape index (κ3) is 3.04. The Morgan fingerprint density at radius 2 is 2.36 bits per heavy atom. The van der Waals surface area contributed by atoms with Crippen molar-refractivity contribution in [1.82, 2.24) is 4.57 Å². The smallest absolute Gasteiger partial charge is 0.243 e. The predicted molar refractivity (Wildman–Crippen MR) is 37.9 cm³/mol. The van der Waals surface area contributed by atoms with Crippen LogP contribution in [0.5, 0.6) is 0 Å². The fraction of sp³-hybridized carbons (Fsp3) is 0.333. The molecule has 0 unspecified atom stereocenters. The van der Waals surface area contributed by atoms with Crippen molar-refractivity contribution in [1.29, 1.82) is 0 Å². The van der Waals surface area contributed by atoms with E-state index in [4.69, 9.17) is 0 Å². The van der Waals surface area contributed by atoms with Gasteiger partial charge in [-0.15, -0.1) is 12.4 Å². The Balaban J connectivity index is 0.000001000. The molecule has 0 N–H and O–H groups in total. The van der Waals surface area contributed by atoms with E-state index in [2.05, 4.69) is 0 Å². The molecule has 1 aromatic heterocycles. The summed E-state index contributed by atoms with van der Waals surface area (Å²) >= 11 is 0. The number of aryl methyl sites for hydroxylation is 1. The number of nitrogens with zero attached hydrogens (tertiary/aromatic N) is 2. The molecule has 11 heavy (non-hydrogen) atoms. The second-order valence-corrected chi connectivity index (χ2v) is 2.12. The van der Waals surface area contributed by atoms with Gasteiger partial charge in [-0.3, -0.25) is 0 Å². The van der Waals surface area contributed by atoms with Gasteiger partial charge in [0.25, 0.3) is 0 Å². The first kappa shape index (κ1) is 9.97. The lowest BCUT2D eigenvalue weighted by atomic mass is 10.6. The minimum absolute atomic E-state index is 0. The topological polar surface area (TPSA) is 48.9 Å².